The van der Waals surface area contributed by atoms with E-state index in [0.717, 1.165) is 10.6 Å². The van der Waals surface area contributed by atoms with E-state index in [1.54, 1.807) is 36.6 Å². The summed E-state index contributed by atoms with van der Waals surface area (Å²) in [5.41, 5.74) is 0.911. The molecule has 4 aromatic rings. The molecule has 0 spiro atoms. The van der Waals surface area contributed by atoms with Crippen LogP contribution in [0.1, 0.15) is 43.1 Å². The first-order chi connectivity index (χ1) is 23.1. The summed E-state index contributed by atoms with van der Waals surface area (Å²) in [5.74, 6) is -2.35. The van der Waals surface area contributed by atoms with Gasteiger partial charge >= 0.3 is 6.18 Å². The van der Waals surface area contributed by atoms with Crippen LogP contribution in [0.5, 0.6) is 5.75 Å². The van der Waals surface area contributed by atoms with E-state index in [0.29, 0.717) is 23.7 Å². The molecule has 0 unspecified atom stereocenters. The lowest BCUT2D eigenvalue weighted by molar-refractivity contribution is -0.142. The lowest BCUT2D eigenvalue weighted by Crippen LogP contribution is -2.54. The van der Waals surface area contributed by atoms with Crippen LogP contribution in [0, 0.1) is 12.7 Å². The first-order valence-electron chi connectivity index (χ1n) is 15.2. The number of aromatic nitrogens is 3. The van der Waals surface area contributed by atoms with Crippen molar-refractivity contribution >= 4 is 51.4 Å². The van der Waals surface area contributed by atoms with Crippen LogP contribution in [-0.2, 0) is 11.0 Å². The molecule has 0 aliphatic carbocycles. The van der Waals surface area contributed by atoms with Gasteiger partial charge in [0.2, 0.25) is 11.7 Å². The molecule has 16 heteroatoms. The highest BCUT2D eigenvalue weighted by Crippen LogP contribution is 2.43. The zero-order chi connectivity index (χ0) is 35.7. The number of rotatable bonds is 4. The van der Waals surface area contributed by atoms with Gasteiger partial charge < -0.3 is 20.3 Å². The molecule has 1 saturated heterocycles. The molecule has 1 amide bonds. The summed E-state index contributed by atoms with van der Waals surface area (Å²) in [7, 11) is 0. The molecular weight excluding hydrogens is 691 g/mol. The first-order valence-corrected chi connectivity index (χ1v) is 16.0. The highest BCUT2D eigenvalue weighted by Gasteiger charge is 2.41. The van der Waals surface area contributed by atoms with Crippen molar-refractivity contribution in [2.75, 3.05) is 36.9 Å². The van der Waals surface area contributed by atoms with Gasteiger partial charge in [0.05, 0.1) is 45.5 Å². The van der Waals surface area contributed by atoms with Gasteiger partial charge in [-0.25, -0.2) is 4.39 Å². The maximum Gasteiger partial charge on any atom is 0.431 e. The van der Waals surface area contributed by atoms with Crippen molar-refractivity contribution < 1.29 is 27.1 Å². The van der Waals surface area contributed by atoms with E-state index in [9.17, 15) is 14.4 Å². The molecule has 10 nitrogen and oxygen atoms in total. The van der Waals surface area contributed by atoms with E-state index < -0.39 is 61.8 Å². The molecule has 1 atom stereocenters. The predicted molar refractivity (Wildman–Crippen MR) is 179 cm³/mol. The summed E-state index contributed by atoms with van der Waals surface area (Å²) in [4.78, 5) is 49.7. The molecule has 0 bridgehead atoms. The highest BCUT2D eigenvalue weighted by molar-refractivity contribution is 6.37. The molecule has 49 heavy (non-hydrogen) atoms. The molecule has 2 aliphatic heterocycles. The number of nitrogens with two attached hydrogens (primary N) is 1. The third-order valence-corrected chi connectivity index (χ3v) is 9.44. The number of nitrogen functional groups attached to an aromatic ring is 1. The Labute approximate surface area is 286 Å². The third-order valence-electron chi connectivity index (χ3n) is 8.85. The van der Waals surface area contributed by atoms with Gasteiger partial charge in [0.25, 0.3) is 11.1 Å². The molecule has 2 N–H and O–H groups in total. The van der Waals surface area contributed by atoms with Crippen molar-refractivity contribution in [3.05, 3.63) is 90.6 Å². The fourth-order valence-electron chi connectivity index (χ4n) is 6.61. The molecule has 1 aromatic carbocycles. The van der Waals surface area contributed by atoms with Crippen molar-refractivity contribution in [2.45, 2.75) is 45.3 Å². The van der Waals surface area contributed by atoms with Crippen LogP contribution in [0.2, 0.25) is 10.0 Å². The third kappa shape index (κ3) is 5.50. The number of piperazine rings is 1. The van der Waals surface area contributed by atoms with E-state index in [1.165, 1.54) is 12.3 Å². The Bertz CT molecular complexity index is 2160. The maximum atomic E-state index is 15.7. The Hall–Kier alpha value is -4.56. The smallest absolute Gasteiger partial charge is 0.431 e. The van der Waals surface area contributed by atoms with Gasteiger partial charge in [0.15, 0.2) is 5.82 Å². The number of nitrogens with zero attached hydrogens (tertiary/aromatic N) is 5. The fraction of sp³-hybridized carbons (Fsp3) is 0.333. The van der Waals surface area contributed by atoms with E-state index >= 15 is 17.6 Å². The standard InChI is InChI=1S/C33H30Cl2F4N6O4/c1-5-22(46)42-9-10-43-17(14-42)7-11-49-30-27(43)18-12-21(33(37,38)39)44(29-23(36)19(34)13-20(35)24(29)40)31(47)28(18)45(32(30)48)26-16(4)6-8-41-25(26)15(2)3/h5-6,8,12-13,15,17H,1,7,9-11,14,40H2,2-4H3/t17-/m1/s1. The minimum atomic E-state index is -5.26. The van der Waals surface area contributed by atoms with Crippen molar-refractivity contribution in [3.63, 3.8) is 0 Å². The number of carbonyl (C=O) groups excluding carboxylic acids is 1. The zero-order valence-corrected chi connectivity index (χ0v) is 28.0. The van der Waals surface area contributed by atoms with E-state index in [4.69, 9.17) is 33.7 Å². The van der Waals surface area contributed by atoms with Crippen LogP contribution in [-0.4, -0.2) is 57.2 Å². The maximum absolute atomic E-state index is 15.7. The summed E-state index contributed by atoms with van der Waals surface area (Å²) >= 11 is 12.2. The van der Waals surface area contributed by atoms with Crippen LogP contribution in [0.3, 0.4) is 0 Å². The van der Waals surface area contributed by atoms with Gasteiger partial charge in [-0.1, -0.05) is 43.6 Å². The second-order valence-electron chi connectivity index (χ2n) is 12.2. The Morgan fingerprint density at radius 3 is 2.47 bits per heavy atom. The van der Waals surface area contributed by atoms with E-state index in [2.05, 4.69) is 11.6 Å². The normalized spacial score (nSPS) is 16.3. The molecule has 0 radical (unpaired) electrons. The van der Waals surface area contributed by atoms with Crippen LogP contribution in [0.25, 0.3) is 22.3 Å². The summed E-state index contributed by atoms with van der Waals surface area (Å²) in [5, 5.41) is -1.36. The number of aryl methyl sites for hydroxylation is 1. The highest BCUT2D eigenvalue weighted by atomic mass is 35.5. The number of halogens is 6. The SMILES string of the molecule is C=CC(=O)N1CCN2c3c(c(=O)n(-c4c(C)ccnc4C(C)C)c4c(=O)n(-c5c(N)c(Cl)cc(Cl)c5F)c(C(F)(F)F)cc34)OCC[C@@H]2C1. The number of anilines is 2. The van der Waals surface area contributed by atoms with Crippen LogP contribution >= 0.6 is 23.2 Å². The Morgan fingerprint density at radius 1 is 1.10 bits per heavy atom. The largest absolute Gasteiger partial charge is 0.486 e. The van der Waals surface area contributed by atoms with Gasteiger partial charge in [-0.2, -0.15) is 13.2 Å². The Balaban J connectivity index is 1.85. The number of pyridine rings is 3. The van der Waals surface area contributed by atoms with Crippen molar-refractivity contribution in [2.24, 2.45) is 0 Å². The monoisotopic (exact) mass is 720 g/mol. The number of benzene rings is 1. The van der Waals surface area contributed by atoms with Crippen molar-refractivity contribution in [1.82, 2.24) is 19.0 Å². The molecule has 1 fully saturated rings. The minimum absolute atomic E-state index is 0.0138. The van der Waals surface area contributed by atoms with Crippen molar-refractivity contribution in [3.8, 4) is 17.1 Å². The van der Waals surface area contributed by atoms with Crippen LogP contribution in [0.15, 0.2) is 46.6 Å². The second-order valence-corrected chi connectivity index (χ2v) is 13.0. The predicted octanol–water partition coefficient (Wildman–Crippen LogP) is 6.00. The van der Waals surface area contributed by atoms with Gasteiger partial charge in [0.1, 0.15) is 16.9 Å². The number of amides is 1. The molecule has 0 saturated carbocycles. The molecule has 2 aliphatic rings. The van der Waals surface area contributed by atoms with E-state index in [1.807, 2.05) is 0 Å². The number of hydrogen-bond donors (Lipinski definition) is 1. The van der Waals surface area contributed by atoms with Gasteiger partial charge in [-0.3, -0.25) is 28.5 Å². The van der Waals surface area contributed by atoms with Gasteiger partial charge in [-0.15, -0.1) is 0 Å². The number of hydrogen-bond acceptors (Lipinski definition) is 7. The molecule has 3 aromatic heterocycles. The average molecular weight is 722 g/mol. The Kier molecular flexibility index (Phi) is 8.68. The Morgan fingerprint density at radius 2 is 1.82 bits per heavy atom. The number of fused-ring (bicyclic) bond motifs is 5. The topological polar surface area (TPSA) is 116 Å². The second kappa shape index (κ2) is 12.4. The summed E-state index contributed by atoms with van der Waals surface area (Å²) < 4.78 is 68.1. The number of ether oxygens (including phenoxy) is 1. The minimum Gasteiger partial charge on any atom is -0.486 e. The molecule has 6 rings (SSSR count). The average Bonchev–Trinajstić information content (AvgIpc) is 3.24. The molecule has 5 heterocycles. The molecular formula is C33H30Cl2F4N6O4. The lowest BCUT2D eigenvalue weighted by Gasteiger charge is -2.42. The van der Waals surface area contributed by atoms with Crippen molar-refractivity contribution in [1.29, 1.82) is 0 Å². The van der Waals surface area contributed by atoms with Gasteiger partial charge in [-0.05, 0) is 42.7 Å². The van der Waals surface area contributed by atoms with Gasteiger partial charge in [0, 0.05) is 37.6 Å². The summed E-state index contributed by atoms with van der Waals surface area (Å²) in [6.45, 7) is 9.19. The first kappa shape index (κ1) is 34.3. The quantitative estimate of drug-likeness (QED) is 0.119. The van der Waals surface area contributed by atoms with E-state index in [-0.39, 0.29) is 65.1 Å². The fourth-order valence-corrected chi connectivity index (χ4v) is 7.06. The van der Waals surface area contributed by atoms with Crippen LogP contribution in [0.4, 0.5) is 28.9 Å². The summed E-state index contributed by atoms with van der Waals surface area (Å²) in [6.07, 6.45) is -2.29. The summed E-state index contributed by atoms with van der Waals surface area (Å²) in [6, 6.07) is 2.68. The lowest BCUT2D eigenvalue weighted by atomic mass is 10.0. The molecule has 258 valence electrons. The number of carbonyl (C=O) groups is 1. The zero-order valence-electron chi connectivity index (χ0n) is 26.5. The van der Waals surface area contributed by atoms with Crippen LogP contribution < -0.4 is 26.5 Å². The number of alkyl halides is 3.